The van der Waals surface area contributed by atoms with Crippen LogP contribution >= 0.6 is 11.8 Å². The second-order valence-electron chi connectivity index (χ2n) is 4.29. The smallest absolute Gasteiger partial charge is 0.172 e. The minimum absolute atomic E-state index is 0.187. The molecule has 0 aromatic heterocycles. The van der Waals surface area contributed by atoms with E-state index in [1.54, 1.807) is 11.8 Å². The molecule has 0 aliphatic heterocycles. The summed E-state index contributed by atoms with van der Waals surface area (Å²) in [5, 5.41) is 0. The predicted molar refractivity (Wildman–Crippen MR) is 74.1 cm³/mol. The first kappa shape index (κ1) is 14.1. The number of thioether (sulfide) groups is 1. The summed E-state index contributed by atoms with van der Waals surface area (Å²) < 4.78 is 5.57. The third-order valence-electron chi connectivity index (χ3n) is 2.20. The van der Waals surface area contributed by atoms with E-state index in [0.29, 0.717) is 18.3 Å². The molecule has 1 aromatic rings. The normalized spacial score (nSPS) is 10.6. The summed E-state index contributed by atoms with van der Waals surface area (Å²) in [4.78, 5) is 11.7. The van der Waals surface area contributed by atoms with Crippen molar-refractivity contribution < 1.29 is 9.53 Å². The van der Waals surface area contributed by atoms with Gasteiger partial charge in [0.25, 0.3) is 0 Å². The molecule has 0 heterocycles. The summed E-state index contributed by atoms with van der Waals surface area (Å²) >= 11 is 1.65. The molecule has 94 valence electrons. The fraction of sp³-hybridized carbons (Fsp3) is 0.500. The van der Waals surface area contributed by atoms with Crippen LogP contribution in [0.5, 0.6) is 5.75 Å². The SMILES string of the molecule is CCSCC(=O)c1ccc(OCC(C)C)cc1. The van der Waals surface area contributed by atoms with E-state index in [0.717, 1.165) is 17.1 Å². The van der Waals surface area contributed by atoms with E-state index in [-0.39, 0.29) is 5.78 Å². The van der Waals surface area contributed by atoms with Crippen LogP contribution in [-0.2, 0) is 0 Å². The van der Waals surface area contributed by atoms with Gasteiger partial charge in [0.2, 0.25) is 0 Å². The van der Waals surface area contributed by atoms with Gasteiger partial charge in [-0.2, -0.15) is 11.8 Å². The summed E-state index contributed by atoms with van der Waals surface area (Å²) in [5.74, 6) is 3.06. The third-order valence-corrected chi connectivity index (χ3v) is 3.07. The minimum atomic E-state index is 0.187. The van der Waals surface area contributed by atoms with Gasteiger partial charge in [-0.3, -0.25) is 4.79 Å². The van der Waals surface area contributed by atoms with Crippen molar-refractivity contribution in [2.24, 2.45) is 5.92 Å². The van der Waals surface area contributed by atoms with Crippen molar-refractivity contribution in [1.29, 1.82) is 0 Å². The maximum absolute atomic E-state index is 11.7. The van der Waals surface area contributed by atoms with Crippen LogP contribution < -0.4 is 4.74 Å². The van der Waals surface area contributed by atoms with Crippen LogP contribution in [0, 0.1) is 5.92 Å². The predicted octanol–water partition coefficient (Wildman–Crippen LogP) is 3.66. The molecule has 0 spiro atoms. The zero-order chi connectivity index (χ0) is 12.7. The van der Waals surface area contributed by atoms with Gasteiger partial charge in [0, 0.05) is 5.56 Å². The summed E-state index contributed by atoms with van der Waals surface area (Å²) in [6.07, 6.45) is 0. The molecule has 0 fully saturated rings. The highest BCUT2D eigenvalue weighted by Gasteiger charge is 2.05. The van der Waals surface area contributed by atoms with Gasteiger partial charge in [-0.05, 0) is 35.9 Å². The number of ketones is 1. The van der Waals surface area contributed by atoms with E-state index in [1.807, 2.05) is 24.3 Å². The van der Waals surface area contributed by atoms with E-state index in [4.69, 9.17) is 4.74 Å². The Kier molecular flexibility index (Phi) is 6.12. The zero-order valence-corrected chi connectivity index (χ0v) is 11.5. The summed E-state index contributed by atoms with van der Waals surface area (Å²) in [6.45, 7) is 6.99. The largest absolute Gasteiger partial charge is 0.493 e. The Hall–Kier alpha value is -0.960. The van der Waals surface area contributed by atoms with Crippen LogP contribution in [0.15, 0.2) is 24.3 Å². The maximum Gasteiger partial charge on any atom is 0.172 e. The highest BCUT2D eigenvalue weighted by molar-refractivity contribution is 7.99. The summed E-state index contributed by atoms with van der Waals surface area (Å²) in [5.41, 5.74) is 0.767. The van der Waals surface area contributed by atoms with Gasteiger partial charge in [0.05, 0.1) is 12.4 Å². The zero-order valence-electron chi connectivity index (χ0n) is 10.7. The Balaban J connectivity index is 2.52. The van der Waals surface area contributed by atoms with Gasteiger partial charge in [-0.15, -0.1) is 0 Å². The van der Waals surface area contributed by atoms with Crippen molar-refractivity contribution >= 4 is 17.5 Å². The Bertz CT molecular complexity index is 344. The number of ether oxygens (including phenoxy) is 1. The average Bonchev–Trinajstić information content (AvgIpc) is 2.34. The number of hydrogen-bond donors (Lipinski definition) is 0. The first-order valence-corrected chi connectivity index (χ1v) is 7.12. The fourth-order valence-electron chi connectivity index (χ4n) is 1.28. The molecule has 1 aromatic carbocycles. The van der Waals surface area contributed by atoms with Gasteiger partial charge in [0.1, 0.15) is 5.75 Å². The van der Waals surface area contributed by atoms with E-state index < -0.39 is 0 Å². The van der Waals surface area contributed by atoms with Gasteiger partial charge >= 0.3 is 0 Å². The van der Waals surface area contributed by atoms with Crippen LogP contribution in [0.3, 0.4) is 0 Å². The van der Waals surface area contributed by atoms with Crippen LogP contribution in [0.4, 0.5) is 0 Å². The average molecular weight is 252 g/mol. The van der Waals surface area contributed by atoms with E-state index in [1.165, 1.54) is 0 Å². The number of Topliss-reactive ketones (excluding diaryl/α,β-unsaturated/α-hetero) is 1. The summed E-state index contributed by atoms with van der Waals surface area (Å²) in [6, 6.07) is 7.42. The Labute approximate surface area is 108 Å². The molecule has 0 N–H and O–H groups in total. The minimum Gasteiger partial charge on any atom is -0.493 e. The van der Waals surface area contributed by atoms with Gasteiger partial charge < -0.3 is 4.74 Å². The van der Waals surface area contributed by atoms with Crippen LogP contribution in [-0.4, -0.2) is 23.9 Å². The number of carbonyl (C=O) groups excluding carboxylic acids is 1. The lowest BCUT2D eigenvalue weighted by Crippen LogP contribution is -2.05. The molecule has 0 atom stereocenters. The first-order chi connectivity index (χ1) is 8.13. The standard InChI is InChI=1S/C14H20O2S/c1-4-17-10-14(15)12-5-7-13(8-6-12)16-9-11(2)3/h5-8,11H,4,9-10H2,1-3H3. The molecule has 0 amide bonds. The molecule has 0 radical (unpaired) electrons. The fourth-order valence-corrected chi connectivity index (χ4v) is 1.83. The first-order valence-electron chi connectivity index (χ1n) is 5.97. The maximum atomic E-state index is 11.7. The summed E-state index contributed by atoms with van der Waals surface area (Å²) in [7, 11) is 0. The van der Waals surface area contributed by atoms with Crippen molar-refractivity contribution in [2.75, 3.05) is 18.1 Å². The van der Waals surface area contributed by atoms with Crippen molar-refractivity contribution in [3.8, 4) is 5.75 Å². The van der Waals surface area contributed by atoms with Crippen molar-refractivity contribution in [3.63, 3.8) is 0 Å². The molecule has 0 aliphatic carbocycles. The van der Waals surface area contributed by atoms with Gasteiger partial charge in [-0.1, -0.05) is 20.8 Å². The molecule has 17 heavy (non-hydrogen) atoms. The van der Waals surface area contributed by atoms with Crippen molar-refractivity contribution in [3.05, 3.63) is 29.8 Å². The monoisotopic (exact) mass is 252 g/mol. The second kappa shape index (κ2) is 7.38. The number of hydrogen-bond acceptors (Lipinski definition) is 3. The molecule has 0 aliphatic rings. The molecular formula is C14H20O2S. The molecule has 0 saturated heterocycles. The molecule has 2 nitrogen and oxygen atoms in total. The molecule has 0 unspecified atom stereocenters. The number of benzene rings is 1. The van der Waals surface area contributed by atoms with Crippen molar-refractivity contribution in [1.82, 2.24) is 0 Å². The quantitative estimate of drug-likeness (QED) is 0.693. The van der Waals surface area contributed by atoms with Crippen LogP contribution in [0.2, 0.25) is 0 Å². The topological polar surface area (TPSA) is 26.3 Å². The number of carbonyl (C=O) groups is 1. The Morgan fingerprint density at radius 2 is 1.94 bits per heavy atom. The van der Waals surface area contributed by atoms with E-state index >= 15 is 0 Å². The van der Waals surface area contributed by atoms with Gasteiger partial charge in [0.15, 0.2) is 5.78 Å². The lowest BCUT2D eigenvalue weighted by molar-refractivity contribution is 0.102. The molecule has 1 rings (SSSR count). The van der Waals surface area contributed by atoms with E-state index in [2.05, 4.69) is 20.8 Å². The second-order valence-corrected chi connectivity index (χ2v) is 5.56. The van der Waals surface area contributed by atoms with Gasteiger partial charge in [-0.25, -0.2) is 0 Å². The number of rotatable bonds is 7. The third kappa shape index (κ3) is 5.26. The van der Waals surface area contributed by atoms with Crippen molar-refractivity contribution in [2.45, 2.75) is 20.8 Å². The van der Waals surface area contributed by atoms with Crippen LogP contribution in [0.25, 0.3) is 0 Å². The Morgan fingerprint density at radius 3 is 2.47 bits per heavy atom. The van der Waals surface area contributed by atoms with Crippen LogP contribution in [0.1, 0.15) is 31.1 Å². The highest BCUT2D eigenvalue weighted by Crippen LogP contribution is 2.15. The molecular weight excluding hydrogens is 232 g/mol. The molecule has 3 heteroatoms. The molecule has 0 saturated carbocycles. The highest BCUT2D eigenvalue weighted by atomic mass is 32.2. The Morgan fingerprint density at radius 1 is 1.29 bits per heavy atom. The van der Waals surface area contributed by atoms with E-state index in [9.17, 15) is 4.79 Å². The lowest BCUT2D eigenvalue weighted by Gasteiger charge is -2.08. The lowest BCUT2D eigenvalue weighted by atomic mass is 10.1. The molecule has 0 bridgehead atoms.